The van der Waals surface area contributed by atoms with Gasteiger partial charge >= 0.3 is 0 Å². The Hall–Kier alpha value is -0.610. The second-order valence-corrected chi connectivity index (χ2v) is 5.72. The van der Waals surface area contributed by atoms with E-state index in [1.165, 1.54) is 0 Å². The topological polar surface area (TPSA) is 47.6 Å². The second kappa shape index (κ2) is 6.36. The zero-order valence-electron chi connectivity index (χ0n) is 11.4. The number of carbonyl (C=O) groups is 1. The van der Waals surface area contributed by atoms with E-state index in [4.69, 9.17) is 9.47 Å². The van der Waals surface area contributed by atoms with Crippen molar-refractivity contribution in [2.75, 3.05) is 26.9 Å². The number of nitrogens with one attached hydrogen (secondary N) is 1. The summed E-state index contributed by atoms with van der Waals surface area (Å²) in [6.45, 7) is 8.32. The van der Waals surface area contributed by atoms with Crippen molar-refractivity contribution >= 4 is 5.91 Å². The normalized spacial score (nSPS) is 20.0. The standard InChI is InChI=1S/C13H25NO3/c1-13(2,3)11(16-4)9-14-12(15)10-5-7-17-8-6-10/h10-11H,5-9H2,1-4H3,(H,14,15). The molecule has 1 amide bonds. The van der Waals surface area contributed by atoms with E-state index in [1.54, 1.807) is 7.11 Å². The molecule has 17 heavy (non-hydrogen) atoms. The Morgan fingerprint density at radius 1 is 1.41 bits per heavy atom. The zero-order chi connectivity index (χ0) is 12.9. The number of rotatable bonds is 4. The molecular formula is C13H25NO3. The molecule has 4 nitrogen and oxygen atoms in total. The van der Waals surface area contributed by atoms with Crippen LogP contribution < -0.4 is 5.32 Å². The van der Waals surface area contributed by atoms with E-state index in [-0.39, 0.29) is 23.3 Å². The Bertz CT molecular complexity index is 242. The van der Waals surface area contributed by atoms with Crippen molar-refractivity contribution in [3.63, 3.8) is 0 Å². The van der Waals surface area contributed by atoms with Crippen molar-refractivity contribution in [1.82, 2.24) is 5.32 Å². The first-order valence-corrected chi connectivity index (χ1v) is 6.33. The summed E-state index contributed by atoms with van der Waals surface area (Å²) in [5, 5.41) is 2.99. The molecule has 0 aromatic rings. The lowest BCUT2D eigenvalue weighted by atomic mass is 9.88. The van der Waals surface area contributed by atoms with Crippen molar-refractivity contribution < 1.29 is 14.3 Å². The third-order valence-electron chi connectivity index (χ3n) is 3.30. The predicted octanol–water partition coefficient (Wildman–Crippen LogP) is 1.59. The molecule has 1 heterocycles. The van der Waals surface area contributed by atoms with Gasteiger partial charge in [0.15, 0.2) is 0 Å². The van der Waals surface area contributed by atoms with Crippen LogP contribution in [0, 0.1) is 11.3 Å². The number of amides is 1. The molecule has 0 radical (unpaired) electrons. The Morgan fingerprint density at radius 2 is 2.00 bits per heavy atom. The lowest BCUT2D eigenvalue weighted by Crippen LogP contribution is -2.43. The van der Waals surface area contributed by atoms with Crippen molar-refractivity contribution in [2.45, 2.75) is 39.7 Å². The van der Waals surface area contributed by atoms with Crippen LogP contribution in [-0.4, -0.2) is 38.9 Å². The molecule has 1 saturated heterocycles. The molecule has 0 aromatic heterocycles. The van der Waals surface area contributed by atoms with Crippen LogP contribution in [-0.2, 0) is 14.3 Å². The zero-order valence-corrected chi connectivity index (χ0v) is 11.4. The maximum atomic E-state index is 11.9. The average molecular weight is 243 g/mol. The number of methoxy groups -OCH3 is 1. The highest BCUT2D eigenvalue weighted by atomic mass is 16.5. The Labute approximate surface area is 104 Å². The van der Waals surface area contributed by atoms with Gasteiger partial charge in [-0.25, -0.2) is 0 Å². The molecule has 0 saturated carbocycles. The first-order chi connectivity index (χ1) is 7.95. The van der Waals surface area contributed by atoms with Crippen molar-refractivity contribution in [2.24, 2.45) is 11.3 Å². The summed E-state index contributed by atoms with van der Waals surface area (Å²) < 4.78 is 10.7. The highest BCUT2D eigenvalue weighted by Gasteiger charge is 2.27. The van der Waals surface area contributed by atoms with Crippen molar-refractivity contribution in [3.8, 4) is 0 Å². The highest BCUT2D eigenvalue weighted by Crippen LogP contribution is 2.21. The summed E-state index contributed by atoms with van der Waals surface area (Å²) in [7, 11) is 1.69. The summed E-state index contributed by atoms with van der Waals surface area (Å²) in [5.74, 6) is 0.251. The van der Waals surface area contributed by atoms with E-state index in [1.807, 2.05) is 0 Å². The molecule has 0 spiro atoms. The fourth-order valence-corrected chi connectivity index (χ4v) is 2.04. The van der Waals surface area contributed by atoms with Gasteiger partial charge in [-0.15, -0.1) is 0 Å². The van der Waals surface area contributed by atoms with Crippen LogP contribution in [0.5, 0.6) is 0 Å². The summed E-state index contributed by atoms with van der Waals surface area (Å²) in [4.78, 5) is 11.9. The maximum absolute atomic E-state index is 11.9. The Balaban J connectivity index is 2.35. The Kier molecular flexibility index (Phi) is 5.40. The minimum atomic E-state index is 0.0394. The lowest BCUT2D eigenvalue weighted by Gasteiger charge is -2.30. The molecule has 1 atom stereocenters. The van der Waals surface area contributed by atoms with Crippen molar-refractivity contribution in [3.05, 3.63) is 0 Å². The summed E-state index contributed by atoms with van der Waals surface area (Å²) in [6, 6.07) is 0. The van der Waals surface area contributed by atoms with Crippen LogP contribution in [0.2, 0.25) is 0 Å². The van der Waals surface area contributed by atoms with Gasteiger partial charge in [0, 0.05) is 32.8 Å². The molecular weight excluding hydrogens is 218 g/mol. The first-order valence-electron chi connectivity index (χ1n) is 6.33. The average Bonchev–Trinajstić information content (AvgIpc) is 2.29. The fourth-order valence-electron chi connectivity index (χ4n) is 2.04. The fraction of sp³-hybridized carbons (Fsp3) is 0.923. The van der Waals surface area contributed by atoms with Crippen LogP contribution in [0.3, 0.4) is 0 Å². The van der Waals surface area contributed by atoms with E-state index in [0.29, 0.717) is 19.8 Å². The van der Waals surface area contributed by atoms with Gasteiger partial charge in [-0.05, 0) is 18.3 Å². The van der Waals surface area contributed by atoms with Gasteiger partial charge in [-0.1, -0.05) is 20.8 Å². The number of carbonyl (C=O) groups excluding carboxylic acids is 1. The molecule has 0 bridgehead atoms. The van der Waals surface area contributed by atoms with Gasteiger partial charge in [-0.2, -0.15) is 0 Å². The van der Waals surface area contributed by atoms with Gasteiger partial charge in [0.1, 0.15) is 0 Å². The SMILES string of the molecule is COC(CNC(=O)C1CCOCC1)C(C)(C)C. The molecule has 1 fully saturated rings. The second-order valence-electron chi connectivity index (χ2n) is 5.72. The Morgan fingerprint density at radius 3 is 2.47 bits per heavy atom. The van der Waals surface area contributed by atoms with Crippen LogP contribution in [0.4, 0.5) is 0 Å². The summed E-state index contributed by atoms with van der Waals surface area (Å²) in [6.07, 6.45) is 1.71. The predicted molar refractivity (Wildman–Crippen MR) is 66.8 cm³/mol. The van der Waals surface area contributed by atoms with Crippen LogP contribution in [0.25, 0.3) is 0 Å². The molecule has 0 aromatic carbocycles. The molecule has 1 aliphatic heterocycles. The van der Waals surface area contributed by atoms with Gasteiger partial charge < -0.3 is 14.8 Å². The maximum Gasteiger partial charge on any atom is 0.223 e. The van der Waals surface area contributed by atoms with Gasteiger partial charge in [0.05, 0.1) is 6.10 Å². The number of ether oxygens (including phenoxy) is 2. The van der Waals surface area contributed by atoms with E-state index in [9.17, 15) is 4.79 Å². The van der Waals surface area contributed by atoms with E-state index in [2.05, 4.69) is 26.1 Å². The molecule has 1 unspecified atom stereocenters. The summed E-state index contributed by atoms with van der Waals surface area (Å²) >= 11 is 0. The van der Waals surface area contributed by atoms with Crippen LogP contribution in [0.1, 0.15) is 33.6 Å². The third-order valence-corrected chi connectivity index (χ3v) is 3.30. The smallest absolute Gasteiger partial charge is 0.223 e. The van der Waals surface area contributed by atoms with E-state index < -0.39 is 0 Å². The molecule has 1 aliphatic rings. The largest absolute Gasteiger partial charge is 0.381 e. The number of hydrogen-bond donors (Lipinski definition) is 1. The molecule has 1 rings (SSSR count). The molecule has 1 N–H and O–H groups in total. The van der Waals surface area contributed by atoms with Gasteiger partial charge in [0.2, 0.25) is 5.91 Å². The van der Waals surface area contributed by atoms with Crippen molar-refractivity contribution in [1.29, 1.82) is 0 Å². The minimum absolute atomic E-state index is 0.0394. The van der Waals surface area contributed by atoms with E-state index >= 15 is 0 Å². The highest BCUT2D eigenvalue weighted by molar-refractivity contribution is 5.78. The molecule has 4 heteroatoms. The third kappa shape index (κ3) is 4.64. The summed E-state index contributed by atoms with van der Waals surface area (Å²) in [5.41, 5.74) is 0.0394. The monoisotopic (exact) mass is 243 g/mol. The van der Waals surface area contributed by atoms with Gasteiger partial charge in [-0.3, -0.25) is 4.79 Å². The van der Waals surface area contributed by atoms with Crippen LogP contribution in [0.15, 0.2) is 0 Å². The van der Waals surface area contributed by atoms with Gasteiger partial charge in [0.25, 0.3) is 0 Å². The first kappa shape index (κ1) is 14.5. The number of hydrogen-bond acceptors (Lipinski definition) is 3. The molecule has 100 valence electrons. The lowest BCUT2D eigenvalue weighted by molar-refractivity contribution is -0.128. The minimum Gasteiger partial charge on any atom is -0.381 e. The molecule has 0 aliphatic carbocycles. The van der Waals surface area contributed by atoms with E-state index in [0.717, 1.165) is 12.8 Å². The quantitative estimate of drug-likeness (QED) is 0.815. The van der Waals surface area contributed by atoms with Crippen LogP contribution >= 0.6 is 0 Å².